The van der Waals surface area contributed by atoms with Crippen LogP contribution in [0.15, 0.2) is 54.6 Å². The Morgan fingerprint density at radius 2 is 1.86 bits per heavy atom. The number of para-hydroxylation sites is 1. The van der Waals surface area contributed by atoms with Crippen LogP contribution < -0.4 is 0 Å². The first-order chi connectivity index (χ1) is 10.8. The number of benzene rings is 2. The van der Waals surface area contributed by atoms with Gasteiger partial charge in [0.25, 0.3) is 0 Å². The van der Waals surface area contributed by atoms with Crippen LogP contribution in [0.4, 0.5) is 0 Å². The second-order valence-corrected chi connectivity index (χ2v) is 5.96. The zero-order valence-corrected chi connectivity index (χ0v) is 12.6. The van der Waals surface area contributed by atoms with E-state index in [4.69, 9.17) is 0 Å². The number of aromatic amines is 1. The van der Waals surface area contributed by atoms with Crippen molar-refractivity contribution in [2.45, 2.75) is 25.9 Å². The van der Waals surface area contributed by atoms with E-state index >= 15 is 0 Å². The van der Waals surface area contributed by atoms with Crippen molar-refractivity contribution in [1.29, 1.82) is 0 Å². The Morgan fingerprint density at radius 1 is 1.09 bits per heavy atom. The molecule has 0 aliphatic heterocycles. The van der Waals surface area contributed by atoms with Gasteiger partial charge in [-0.2, -0.15) is 0 Å². The maximum atomic E-state index is 9.85. The van der Waals surface area contributed by atoms with E-state index in [-0.39, 0.29) is 12.5 Å². The molecule has 0 amide bonds. The number of aliphatic hydroxyl groups is 1. The molecule has 0 radical (unpaired) electrons. The molecule has 0 saturated carbocycles. The van der Waals surface area contributed by atoms with Crippen LogP contribution in [0, 0.1) is 0 Å². The predicted octanol–water partition coefficient (Wildman–Crippen LogP) is 4.40. The average molecular weight is 289 g/mol. The van der Waals surface area contributed by atoms with Gasteiger partial charge < -0.3 is 10.1 Å². The number of nitrogens with one attached hydrogen (secondary N) is 1. The number of H-pyrrole nitrogens is 1. The number of hydrogen-bond donors (Lipinski definition) is 2. The predicted molar refractivity (Wildman–Crippen MR) is 90.8 cm³/mol. The Hall–Kier alpha value is -2.32. The van der Waals surface area contributed by atoms with Crippen molar-refractivity contribution in [2.75, 3.05) is 0 Å². The van der Waals surface area contributed by atoms with Gasteiger partial charge >= 0.3 is 0 Å². The van der Waals surface area contributed by atoms with E-state index in [0.717, 1.165) is 28.6 Å². The highest BCUT2D eigenvalue weighted by Crippen LogP contribution is 2.40. The Morgan fingerprint density at radius 3 is 2.73 bits per heavy atom. The molecule has 4 rings (SSSR count). The lowest BCUT2D eigenvalue weighted by Gasteiger charge is -2.15. The van der Waals surface area contributed by atoms with Gasteiger partial charge in [-0.25, -0.2) is 0 Å². The third-order valence-electron chi connectivity index (χ3n) is 4.77. The first kappa shape index (κ1) is 13.4. The van der Waals surface area contributed by atoms with Gasteiger partial charge in [-0.3, -0.25) is 0 Å². The van der Waals surface area contributed by atoms with Gasteiger partial charge in [-0.15, -0.1) is 0 Å². The zero-order chi connectivity index (χ0) is 15.1. The molecule has 110 valence electrons. The Labute approximate surface area is 130 Å². The van der Waals surface area contributed by atoms with Crippen LogP contribution >= 0.6 is 0 Å². The van der Waals surface area contributed by atoms with Crippen molar-refractivity contribution in [3.8, 4) is 0 Å². The van der Waals surface area contributed by atoms with E-state index in [2.05, 4.69) is 54.4 Å². The minimum Gasteiger partial charge on any atom is -0.392 e. The molecule has 2 aromatic carbocycles. The van der Waals surface area contributed by atoms with Crippen LogP contribution in [-0.4, -0.2) is 10.1 Å². The molecular weight excluding hydrogens is 270 g/mol. The van der Waals surface area contributed by atoms with Crippen LogP contribution in [-0.2, 0) is 13.0 Å². The quantitative estimate of drug-likeness (QED) is 0.736. The van der Waals surface area contributed by atoms with E-state index < -0.39 is 0 Å². The van der Waals surface area contributed by atoms with Crippen molar-refractivity contribution < 1.29 is 5.11 Å². The Bertz CT molecular complexity index is 872. The highest BCUT2D eigenvalue weighted by molar-refractivity contribution is 5.87. The highest BCUT2D eigenvalue weighted by Gasteiger charge is 2.23. The van der Waals surface area contributed by atoms with Crippen molar-refractivity contribution >= 4 is 16.5 Å². The number of hydrogen-bond acceptors (Lipinski definition) is 1. The molecule has 1 aromatic heterocycles. The molecule has 1 unspecified atom stereocenters. The summed E-state index contributed by atoms with van der Waals surface area (Å²) in [7, 11) is 0. The molecule has 0 saturated heterocycles. The number of allylic oxidation sites excluding steroid dienone is 2. The topological polar surface area (TPSA) is 36.0 Å². The molecule has 3 aromatic rings. The smallest absolute Gasteiger partial charge is 0.0705 e. The first-order valence-electron chi connectivity index (χ1n) is 7.78. The van der Waals surface area contributed by atoms with Gasteiger partial charge in [0.2, 0.25) is 0 Å². The summed E-state index contributed by atoms with van der Waals surface area (Å²) in [6.45, 7) is 2.29. The molecule has 1 aliphatic carbocycles. The maximum absolute atomic E-state index is 9.85. The molecule has 0 spiro atoms. The van der Waals surface area contributed by atoms with Crippen LogP contribution in [0.1, 0.15) is 35.2 Å². The molecule has 1 aliphatic rings. The second-order valence-electron chi connectivity index (χ2n) is 5.96. The number of aliphatic hydroxyl groups excluding tert-OH is 1. The fourth-order valence-corrected chi connectivity index (χ4v) is 3.64. The summed E-state index contributed by atoms with van der Waals surface area (Å²) in [6.07, 6.45) is 3.33. The summed E-state index contributed by atoms with van der Waals surface area (Å²) in [6, 6.07) is 16.8. The van der Waals surface area contributed by atoms with E-state index in [9.17, 15) is 5.11 Å². The minimum atomic E-state index is 0.0681. The molecule has 2 N–H and O–H groups in total. The summed E-state index contributed by atoms with van der Waals surface area (Å²) < 4.78 is 0. The normalized spacial score (nSPS) is 14.9. The fourth-order valence-electron chi connectivity index (χ4n) is 3.64. The molecule has 0 fully saturated rings. The fraction of sp³-hybridized carbons (Fsp3) is 0.200. The lowest BCUT2D eigenvalue weighted by atomic mass is 9.90. The summed E-state index contributed by atoms with van der Waals surface area (Å²) in [5.41, 5.74) is 7.35. The molecule has 1 heterocycles. The number of rotatable bonds is 3. The molecule has 2 nitrogen and oxygen atoms in total. The van der Waals surface area contributed by atoms with Gasteiger partial charge in [0, 0.05) is 28.1 Å². The largest absolute Gasteiger partial charge is 0.392 e. The summed E-state index contributed by atoms with van der Waals surface area (Å²) in [5, 5.41) is 11.0. The lowest BCUT2D eigenvalue weighted by Crippen LogP contribution is -2.01. The van der Waals surface area contributed by atoms with Crippen molar-refractivity contribution in [2.24, 2.45) is 0 Å². The average Bonchev–Trinajstić information content (AvgIpc) is 3.15. The van der Waals surface area contributed by atoms with Crippen LogP contribution in [0.3, 0.4) is 0 Å². The standard InChI is InChI=1S/C20H19NO/c1-13(15-11-10-14-6-2-3-7-16(14)15)20-18(12-22)17-8-4-5-9-19(17)21-20/h2-9,11,13,21-22H,10,12H2,1H3. The number of aromatic nitrogens is 1. The van der Waals surface area contributed by atoms with Gasteiger partial charge in [-0.05, 0) is 29.2 Å². The molecule has 22 heavy (non-hydrogen) atoms. The highest BCUT2D eigenvalue weighted by atomic mass is 16.3. The monoisotopic (exact) mass is 289 g/mol. The maximum Gasteiger partial charge on any atom is 0.0705 e. The summed E-state index contributed by atoms with van der Waals surface area (Å²) >= 11 is 0. The number of fused-ring (bicyclic) bond motifs is 2. The van der Waals surface area contributed by atoms with Gasteiger partial charge in [-0.1, -0.05) is 55.5 Å². The van der Waals surface area contributed by atoms with E-state index in [0.29, 0.717) is 0 Å². The SMILES string of the molecule is CC(C1=CCc2ccccc21)c1[nH]c2ccccc2c1CO. The zero-order valence-electron chi connectivity index (χ0n) is 12.6. The molecule has 2 heteroatoms. The molecule has 1 atom stereocenters. The molecular formula is C20H19NO. The Balaban J connectivity index is 1.83. The van der Waals surface area contributed by atoms with Crippen molar-refractivity contribution in [3.05, 3.63) is 77.0 Å². The lowest BCUT2D eigenvalue weighted by molar-refractivity contribution is 0.282. The summed E-state index contributed by atoms with van der Waals surface area (Å²) in [5.74, 6) is 0.248. The third-order valence-corrected chi connectivity index (χ3v) is 4.77. The van der Waals surface area contributed by atoms with E-state index in [1.165, 1.54) is 16.7 Å². The van der Waals surface area contributed by atoms with Crippen LogP contribution in [0.25, 0.3) is 16.5 Å². The Kier molecular flexibility index (Phi) is 3.12. The van der Waals surface area contributed by atoms with Gasteiger partial charge in [0.15, 0.2) is 0 Å². The van der Waals surface area contributed by atoms with Gasteiger partial charge in [0.1, 0.15) is 0 Å². The molecule has 0 bridgehead atoms. The minimum absolute atomic E-state index is 0.0681. The van der Waals surface area contributed by atoms with E-state index in [1.54, 1.807) is 0 Å². The third kappa shape index (κ3) is 1.92. The van der Waals surface area contributed by atoms with Gasteiger partial charge in [0.05, 0.1) is 6.61 Å². The first-order valence-corrected chi connectivity index (χ1v) is 7.78. The second kappa shape index (κ2) is 5.15. The van der Waals surface area contributed by atoms with E-state index in [1.807, 2.05) is 12.1 Å². The van der Waals surface area contributed by atoms with Crippen molar-refractivity contribution in [1.82, 2.24) is 4.98 Å². The van der Waals surface area contributed by atoms with Crippen LogP contribution in [0.2, 0.25) is 0 Å². The summed E-state index contributed by atoms with van der Waals surface area (Å²) in [4.78, 5) is 3.52. The van der Waals surface area contributed by atoms with Crippen molar-refractivity contribution in [3.63, 3.8) is 0 Å². The van der Waals surface area contributed by atoms with Crippen LogP contribution in [0.5, 0.6) is 0 Å².